The van der Waals surface area contributed by atoms with Gasteiger partial charge in [-0.3, -0.25) is 0 Å². The molecule has 0 amide bonds. The zero-order valence-electron chi connectivity index (χ0n) is 10.3. The van der Waals surface area contributed by atoms with Crippen LogP contribution in [0.25, 0.3) is 11.3 Å². The van der Waals surface area contributed by atoms with Gasteiger partial charge >= 0.3 is 0 Å². The van der Waals surface area contributed by atoms with Gasteiger partial charge in [-0.05, 0) is 38.0 Å². The highest BCUT2D eigenvalue weighted by Crippen LogP contribution is 2.41. The molecule has 5 heteroatoms. The van der Waals surface area contributed by atoms with Crippen LogP contribution in [-0.4, -0.2) is 9.97 Å². The summed E-state index contributed by atoms with van der Waals surface area (Å²) < 4.78 is 0. The van der Waals surface area contributed by atoms with Crippen LogP contribution in [0, 0.1) is 6.92 Å². The molecule has 0 spiro atoms. The molecule has 0 bridgehead atoms. The molecule has 1 saturated carbocycles. The smallest absolute Gasteiger partial charge is 0.136 e. The molecule has 1 aromatic heterocycles. The Morgan fingerprint density at radius 1 is 1.11 bits per heavy atom. The van der Waals surface area contributed by atoms with Crippen molar-refractivity contribution < 1.29 is 0 Å². The number of hydrogen-bond donors (Lipinski definition) is 0. The monoisotopic (exact) mass is 312 g/mol. The molecule has 19 heavy (non-hydrogen) atoms. The summed E-state index contributed by atoms with van der Waals surface area (Å²) in [7, 11) is 0. The lowest BCUT2D eigenvalue weighted by Crippen LogP contribution is -1.99. The first kappa shape index (κ1) is 13.2. The van der Waals surface area contributed by atoms with E-state index in [1.807, 2.05) is 13.0 Å². The number of aromatic nitrogens is 2. The van der Waals surface area contributed by atoms with Crippen molar-refractivity contribution in [2.45, 2.75) is 25.7 Å². The summed E-state index contributed by atoms with van der Waals surface area (Å²) in [6.07, 6.45) is 2.26. The molecular formula is C14H11Cl3N2. The van der Waals surface area contributed by atoms with Gasteiger partial charge in [-0.1, -0.05) is 34.8 Å². The molecule has 1 heterocycles. The van der Waals surface area contributed by atoms with Crippen molar-refractivity contribution >= 4 is 34.8 Å². The van der Waals surface area contributed by atoms with Gasteiger partial charge in [0.2, 0.25) is 0 Å². The summed E-state index contributed by atoms with van der Waals surface area (Å²) >= 11 is 18.4. The summed E-state index contributed by atoms with van der Waals surface area (Å²) in [5.74, 6) is 1.26. The highest BCUT2D eigenvalue weighted by molar-refractivity contribution is 6.36. The molecule has 1 aromatic carbocycles. The first-order valence-corrected chi connectivity index (χ1v) is 7.19. The molecular weight excluding hydrogens is 303 g/mol. The van der Waals surface area contributed by atoms with Crippen molar-refractivity contribution in [1.29, 1.82) is 0 Å². The van der Waals surface area contributed by atoms with Crippen LogP contribution in [0.2, 0.25) is 15.2 Å². The maximum Gasteiger partial charge on any atom is 0.136 e. The SMILES string of the molecule is Cc1c(Cl)nc(C2CC2)nc1-c1ccc(Cl)cc1Cl. The third-order valence-electron chi connectivity index (χ3n) is 3.23. The van der Waals surface area contributed by atoms with Crippen LogP contribution in [0.15, 0.2) is 18.2 Å². The maximum absolute atomic E-state index is 6.25. The lowest BCUT2D eigenvalue weighted by Gasteiger charge is -2.10. The lowest BCUT2D eigenvalue weighted by atomic mass is 10.1. The standard InChI is InChI=1S/C14H11Cl3N2/c1-7-12(10-5-4-9(15)6-11(10)16)18-14(8-2-3-8)19-13(7)17/h4-6,8H,2-3H2,1H3. The summed E-state index contributed by atoms with van der Waals surface area (Å²) in [5.41, 5.74) is 2.48. The van der Waals surface area contributed by atoms with Crippen molar-refractivity contribution in [1.82, 2.24) is 9.97 Å². The largest absolute Gasteiger partial charge is 0.232 e. The Kier molecular flexibility index (Phi) is 3.42. The third-order valence-corrected chi connectivity index (χ3v) is 4.15. The van der Waals surface area contributed by atoms with Crippen LogP contribution >= 0.6 is 34.8 Å². The predicted molar refractivity (Wildman–Crippen MR) is 79.2 cm³/mol. The predicted octanol–water partition coefficient (Wildman–Crippen LogP) is 5.29. The minimum absolute atomic E-state index is 0.447. The van der Waals surface area contributed by atoms with Gasteiger partial charge in [0.05, 0.1) is 10.7 Å². The first-order chi connectivity index (χ1) is 9.06. The molecule has 1 fully saturated rings. The number of benzene rings is 1. The van der Waals surface area contributed by atoms with Crippen LogP contribution in [-0.2, 0) is 0 Å². The second-order valence-electron chi connectivity index (χ2n) is 4.74. The van der Waals surface area contributed by atoms with E-state index in [4.69, 9.17) is 34.8 Å². The van der Waals surface area contributed by atoms with Crippen molar-refractivity contribution in [3.8, 4) is 11.3 Å². The summed E-state index contributed by atoms with van der Waals surface area (Å²) in [4.78, 5) is 8.99. The molecule has 98 valence electrons. The Hall–Kier alpha value is -0.830. The van der Waals surface area contributed by atoms with Crippen molar-refractivity contribution in [3.63, 3.8) is 0 Å². The van der Waals surface area contributed by atoms with Gasteiger partial charge in [0.15, 0.2) is 0 Å². The fraction of sp³-hybridized carbons (Fsp3) is 0.286. The maximum atomic E-state index is 6.25. The van der Waals surface area contributed by atoms with Crippen LogP contribution in [0.1, 0.15) is 30.1 Å². The average molecular weight is 314 g/mol. The van der Waals surface area contributed by atoms with Gasteiger partial charge < -0.3 is 0 Å². The summed E-state index contributed by atoms with van der Waals surface area (Å²) in [6.45, 7) is 1.90. The van der Waals surface area contributed by atoms with E-state index in [0.29, 0.717) is 21.1 Å². The summed E-state index contributed by atoms with van der Waals surface area (Å²) in [5, 5.41) is 1.68. The van der Waals surface area contributed by atoms with Crippen LogP contribution in [0.4, 0.5) is 0 Å². The molecule has 1 aliphatic carbocycles. The molecule has 0 radical (unpaired) electrons. The summed E-state index contributed by atoms with van der Waals surface area (Å²) in [6, 6.07) is 5.38. The molecule has 3 rings (SSSR count). The second-order valence-corrected chi connectivity index (χ2v) is 5.95. The van der Waals surface area contributed by atoms with Gasteiger partial charge in [0.1, 0.15) is 11.0 Å². The van der Waals surface area contributed by atoms with Crippen molar-refractivity contribution in [2.24, 2.45) is 0 Å². The second kappa shape index (κ2) is 4.93. The van der Waals surface area contributed by atoms with Gasteiger partial charge in [-0.25, -0.2) is 9.97 Å². The van der Waals surface area contributed by atoms with Crippen LogP contribution < -0.4 is 0 Å². The first-order valence-electron chi connectivity index (χ1n) is 6.05. The van der Waals surface area contributed by atoms with E-state index in [1.165, 1.54) is 0 Å². The average Bonchev–Trinajstić information content (AvgIpc) is 3.17. The fourth-order valence-electron chi connectivity index (χ4n) is 1.97. The molecule has 0 aliphatic heterocycles. The molecule has 0 unspecified atom stereocenters. The van der Waals surface area contributed by atoms with E-state index in [9.17, 15) is 0 Å². The zero-order chi connectivity index (χ0) is 13.6. The van der Waals surface area contributed by atoms with E-state index < -0.39 is 0 Å². The Morgan fingerprint density at radius 2 is 1.84 bits per heavy atom. The molecule has 0 saturated heterocycles. The number of nitrogens with zero attached hydrogens (tertiary/aromatic N) is 2. The van der Waals surface area contributed by atoms with E-state index in [0.717, 1.165) is 35.5 Å². The Labute approximate surface area is 126 Å². The van der Waals surface area contributed by atoms with E-state index >= 15 is 0 Å². The van der Waals surface area contributed by atoms with E-state index in [-0.39, 0.29) is 0 Å². The molecule has 0 N–H and O–H groups in total. The Bertz CT molecular complexity index is 651. The number of halogens is 3. The highest BCUT2D eigenvalue weighted by atomic mass is 35.5. The van der Waals surface area contributed by atoms with Crippen molar-refractivity contribution in [2.75, 3.05) is 0 Å². The molecule has 2 nitrogen and oxygen atoms in total. The zero-order valence-corrected chi connectivity index (χ0v) is 12.5. The Morgan fingerprint density at radius 3 is 2.47 bits per heavy atom. The van der Waals surface area contributed by atoms with Crippen LogP contribution in [0.3, 0.4) is 0 Å². The highest BCUT2D eigenvalue weighted by Gasteiger charge is 2.28. The fourth-order valence-corrected chi connectivity index (χ4v) is 2.65. The van der Waals surface area contributed by atoms with Gasteiger partial charge in [-0.2, -0.15) is 0 Å². The lowest BCUT2D eigenvalue weighted by molar-refractivity contribution is 0.922. The number of rotatable bonds is 2. The van der Waals surface area contributed by atoms with Gasteiger partial charge in [0, 0.05) is 22.1 Å². The normalized spacial score (nSPS) is 14.7. The third kappa shape index (κ3) is 2.58. The van der Waals surface area contributed by atoms with E-state index in [1.54, 1.807) is 12.1 Å². The van der Waals surface area contributed by atoms with Gasteiger partial charge in [-0.15, -0.1) is 0 Å². The Balaban J connectivity index is 2.17. The molecule has 0 atom stereocenters. The van der Waals surface area contributed by atoms with Crippen molar-refractivity contribution in [3.05, 3.63) is 44.8 Å². The molecule has 2 aromatic rings. The van der Waals surface area contributed by atoms with Crippen LogP contribution in [0.5, 0.6) is 0 Å². The topological polar surface area (TPSA) is 25.8 Å². The minimum atomic E-state index is 0.447. The minimum Gasteiger partial charge on any atom is -0.232 e. The number of hydrogen-bond acceptors (Lipinski definition) is 2. The molecule has 1 aliphatic rings. The quantitative estimate of drug-likeness (QED) is 0.704. The van der Waals surface area contributed by atoms with E-state index in [2.05, 4.69) is 9.97 Å². The van der Waals surface area contributed by atoms with Gasteiger partial charge in [0.25, 0.3) is 0 Å².